The highest BCUT2D eigenvalue weighted by Gasteiger charge is 2.31. The second-order valence-electron chi connectivity index (χ2n) is 18.9. The fourth-order valence-electron chi connectivity index (χ4n) is 8.54. The summed E-state index contributed by atoms with van der Waals surface area (Å²) in [5.41, 5.74) is 18.8. The lowest BCUT2D eigenvalue weighted by atomic mass is 10.0. The summed E-state index contributed by atoms with van der Waals surface area (Å²) in [7, 11) is 0. The van der Waals surface area contributed by atoms with Gasteiger partial charge in [-0.2, -0.15) is 5.48 Å². The molecule has 0 aliphatic rings. The Morgan fingerprint density at radius 2 is 1.28 bits per heavy atom. The molecule has 0 aliphatic heterocycles. The molecular weight excluding hydrogens is 979 g/mol. The number of amides is 5. The summed E-state index contributed by atoms with van der Waals surface area (Å²) in [5.74, 6) is -5.48. The van der Waals surface area contributed by atoms with Crippen LogP contribution in [-0.4, -0.2) is 133 Å². The molecule has 6 rings (SSSR count). The van der Waals surface area contributed by atoms with Gasteiger partial charge in [-0.25, -0.2) is 4.79 Å². The van der Waals surface area contributed by atoms with E-state index in [4.69, 9.17) is 21.4 Å². The van der Waals surface area contributed by atoms with E-state index in [1.807, 2.05) is 78.9 Å². The van der Waals surface area contributed by atoms with E-state index < -0.39 is 72.3 Å². The first-order valence-corrected chi connectivity index (χ1v) is 25.4. The van der Waals surface area contributed by atoms with Gasteiger partial charge in [-0.15, -0.1) is 5.10 Å². The number of unbranched alkanes of at least 4 members (excludes halogenated alkanes) is 2. The molecule has 5 amide bonds. The van der Waals surface area contributed by atoms with Crippen molar-refractivity contribution in [3.05, 3.63) is 120 Å². The number of rotatable bonds is 33. The highest BCUT2D eigenvalue weighted by atomic mass is 16.6. The number of para-hydroxylation sites is 2. The normalized spacial score (nSPS) is 13.7. The van der Waals surface area contributed by atoms with Gasteiger partial charge in [0.15, 0.2) is 0 Å². The van der Waals surface area contributed by atoms with E-state index >= 15 is 0 Å². The number of hydroxylamine groups is 1. The number of carbonyl (C=O) groups excluding carboxylic acids is 5. The first-order chi connectivity index (χ1) is 36.6. The maximum absolute atomic E-state index is 14.6. The van der Waals surface area contributed by atoms with E-state index in [1.54, 1.807) is 29.9 Å². The minimum absolute atomic E-state index is 0.0152. The van der Waals surface area contributed by atoms with E-state index in [9.17, 15) is 38.7 Å². The summed E-state index contributed by atoms with van der Waals surface area (Å²) in [6.45, 7) is 1.60. The van der Waals surface area contributed by atoms with Gasteiger partial charge >= 0.3 is 11.9 Å². The number of hydrogen-bond donors (Lipinski definition) is 12. The van der Waals surface area contributed by atoms with Crippen molar-refractivity contribution < 1.29 is 48.6 Å². The van der Waals surface area contributed by atoms with Crippen molar-refractivity contribution in [2.75, 3.05) is 26.2 Å². The molecule has 3 heterocycles. The minimum Gasteiger partial charge on any atom is -0.480 e. The van der Waals surface area contributed by atoms with Gasteiger partial charge in [-0.05, 0) is 79.3 Å². The van der Waals surface area contributed by atoms with Gasteiger partial charge in [-0.3, -0.25) is 38.3 Å². The van der Waals surface area contributed by atoms with Crippen LogP contribution in [0.1, 0.15) is 68.1 Å². The van der Waals surface area contributed by atoms with Crippen LogP contribution in [-0.2, 0) is 70.6 Å². The van der Waals surface area contributed by atoms with E-state index in [0.29, 0.717) is 43.7 Å². The van der Waals surface area contributed by atoms with E-state index in [0.717, 1.165) is 45.9 Å². The third-order valence-electron chi connectivity index (χ3n) is 12.6. The number of carboxylic acids is 2. The lowest BCUT2D eigenvalue weighted by Crippen LogP contribution is -2.58. The maximum Gasteiger partial charge on any atom is 0.326 e. The van der Waals surface area contributed by atoms with Gasteiger partial charge in [0.25, 0.3) is 0 Å². The highest BCUT2D eigenvalue weighted by molar-refractivity contribution is 5.94. The molecule has 0 saturated carbocycles. The van der Waals surface area contributed by atoms with Crippen molar-refractivity contribution in [3.8, 4) is 0 Å². The quantitative estimate of drug-likeness (QED) is 0.0205. The van der Waals surface area contributed by atoms with Gasteiger partial charge < -0.3 is 58.2 Å². The fourth-order valence-corrected chi connectivity index (χ4v) is 8.54. The number of carboxylic acid groups (broad SMARTS) is 2. The molecule has 76 heavy (non-hydrogen) atoms. The van der Waals surface area contributed by atoms with Crippen molar-refractivity contribution in [1.29, 1.82) is 0 Å². The molecule has 0 fully saturated rings. The van der Waals surface area contributed by atoms with Crippen LogP contribution in [0.4, 0.5) is 0 Å². The predicted molar refractivity (Wildman–Crippen MR) is 282 cm³/mol. The molecule has 0 saturated heterocycles. The zero-order chi connectivity index (χ0) is 54.4. The first-order valence-electron chi connectivity index (χ1n) is 25.4. The molecule has 3 aromatic heterocycles. The molecule has 14 N–H and O–H groups in total. The number of fused-ring (bicyclic) bond motifs is 2. The number of nitrogens with zero attached hydrogens (tertiary/aromatic N) is 3. The van der Waals surface area contributed by atoms with Gasteiger partial charge in [0.2, 0.25) is 29.5 Å². The maximum atomic E-state index is 14.6. The van der Waals surface area contributed by atoms with Gasteiger partial charge in [0.05, 0.1) is 30.9 Å². The number of hydrogen-bond acceptors (Lipinski definition) is 13. The number of carbonyl (C=O) groups is 7. The monoisotopic (exact) mass is 1050 g/mol. The Kier molecular flexibility index (Phi) is 22.0. The summed E-state index contributed by atoms with van der Waals surface area (Å²) < 4.78 is 1.56. The molecule has 6 aromatic rings. The largest absolute Gasteiger partial charge is 0.480 e. The van der Waals surface area contributed by atoms with Gasteiger partial charge in [-0.1, -0.05) is 85.3 Å². The zero-order valence-electron chi connectivity index (χ0n) is 42.5. The summed E-state index contributed by atoms with van der Waals surface area (Å²) in [5, 5.41) is 42.5. The van der Waals surface area contributed by atoms with Crippen LogP contribution >= 0.6 is 0 Å². The van der Waals surface area contributed by atoms with Crippen molar-refractivity contribution in [2.45, 2.75) is 108 Å². The molecule has 6 atom stereocenters. The summed E-state index contributed by atoms with van der Waals surface area (Å²) in [6, 6.07) is 22.7. The van der Waals surface area contributed by atoms with Gasteiger partial charge in [0.1, 0.15) is 24.7 Å². The number of nitrogens with one attached hydrogen (secondary N) is 8. The third-order valence-corrected chi connectivity index (χ3v) is 12.6. The Balaban J connectivity index is 1.12. The Labute approximate surface area is 439 Å². The number of aliphatic carboxylic acids is 2. The zero-order valence-corrected chi connectivity index (χ0v) is 42.5. The third kappa shape index (κ3) is 18.4. The smallest absolute Gasteiger partial charge is 0.326 e. The van der Waals surface area contributed by atoms with Crippen LogP contribution in [0.3, 0.4) is 0 Å². The Hall–Kier alpha value is -7.99. The number of H-pyrrole nitrogens is 2. The molecule has 23 nitrogen and oxygen atoms in total. The lowest BCUT2D eigenvalue weighted by molar-refractivity contribution is -0.142. The Bertz CT molecular complexity index is 2800. The summed E-state index contributed by atoms with van der Waals surface area (Å²) in [4.78, 5) is 103. The van der Waals surface area contributed by atoms with Crippen LogP contribution in [0.25, 0.3) is 21.8 Å². The van der Waals surface area contributed by atoms with Crippen LogP contribution in [0.5, 0.6) is 0 Å². The topological polar surface area (TPSA) is 356 Å². The van der Waals surface area contributed by atoms with Crippen molar-refractivity contribution in [1.82, 2.24) is 57.0 Å². The van der Waals surface area contributed by atoms with E-state index in [2.05, 4.69) is 52.3 Å². The van der Waals surface area contributed by atoms with Crippen LogP contribution in [0.15, 0.2) is 97.2 Å². The SMILES string of the molecule is C[C@H](CCCCN)C(=O)N[C@H](CCCCn1cc(C[C@@H](N)C(=O)N[C@H](Cc2ccccc2)C(=O)N[C@H](Cc2cc3ccccc3[nH]2)C(=O)N[C@@H](CONCC(=O)NCC(=O)O)Cc2cc3ccccc3[nH]2)nn1)C(=O)O. The highest BCUT2D eigenvalue weighted by Crippen LogP contribution is 2.19. The lowest BCUT2D eigenvalue weighted by Gasteiger charge is -2.26. The van der Waals surface area contributed by atoms with Gasteiger partial charge in [0, 0.05) is 66.8 Å². The first kappa shape index (κ1) is 57.3. The second-order valence-corrected chi connectivity index (χ2v) is 18.9. The summed E-state index contributed by atoms with van der Waals surface area (Å²) in [6.07, 6.45) is 5.32. The molecule has 406 valence electrons. The standard InChI is InChI=1S/C53H69N13O10/c1-33(13-9-11-21-54)49(70)61-44(53(74)75)20-10-12-22-66-31-39(64-65-66)27-41(55)50(71)62-45(23-34-14-3-2-4-15-34)52(73)63-46(28-38-25-36-17-6-8-19-43(36)59-38)51(72)60-40(32-76-57-29-47(67)56-30-48(68)69)26-37-24-35-16-5-7-18-42(35)58-37/h2-8,14-19,24-25,31,33,40-41,44-46,57-59H,9-13,20-23,26-30,32,54-55H2,1H3,(H,56,67)(H,60,72)(H,61,70)(H,62,71)(H,63,73)(H,68,69)(H,74,75)/t33-,40-,41-,44-,45-,46-/m1/s1. The van der Waals surface area contributed by atoms with Crippen LogP contribution in [0.2, 0.25) is 0 Å². The molecule has 0 aliphatic carbocycles. The molecule has 0 bridgehead atoms. The molecular formula is C53H69N13O10. The Morgan fingerprint density at radius 3 is 1.93 bits per heavy atom. The molecule has 0 spiro atoms. The summed E-state index contributed by atoms with van der Waals surface area (Å²) >= 11 is 0. The number of aromatic amines is 2. The average molecular weight is 1050 g/mol. The van der Waals surface area contributed by atoms with Crippen LogP contribution in [0, 0.1) is 5.92 Å². The molecule has 23 heteroatoms. The van der Waals surface area contributed by atoms with E-state index in [1.165, 1.54) is 0 Å². The number of aryl methyl sites for hydroxylation is 1. The number of benzene rings is 3. The predicted octanol–water partition coefficient (Wildman–Crippen LogP) is 1.52. The molecule has 0 radical (unpaired) electrons. The second kappa shape index (κ2) is 29.2. The van der Waals surface area contributed by atoms with Crippen molar-refractivity contribution >= 4 is 63.3 Å². The van der Waals surface area contributed by atoms with Crippen molar-refractivity contribution in [2.24, 2.45) is 17.4 Å². The van der Waals surface area contributed by atoms with E-state index in [-0.39, 0.29) is 57.1 Å². The molecule has 3 aromatic carbocycles. The number of aromatic nitrogens is 5. The minimum atomic E-state index is -1.21. The number of nitrogens with two attached hydrogens (primary N) is 2. The average Bonchev–Trinajstić information content (AvgIpc) is 4.15. The van der Waals surface area contributed by atoms with Crippen LogP contribution < -0.4 is 43.5 Å². The van der Waals surface area contributed by atoms with Crippen molar-refractivity contribution in [3.63, 3.8) is 0 Å². The Morgan fingerprint density at radius 1 is 0.671 bits per heavy atom. The fraction of sp³-hybridized carbons (Fsp3) is 0.415. The molecule has 0 unspecified atom stereocenters.